The molecule has 1 fully saturated rings. The fraction of sp³-hybridized carbons (Fsp3) is 0.500. The molecule has 1 aromatic heterocycles. The van der Waals surface area contributed by atoms with Gasteiger partial charge in [-0.05, 0) is 58.1 Å². The number of benzene rings is 1. The van der Waals surface area contributed by atoms with Crippen LogP contribution in [0.15, 0.2) is 24.4 Å². The Kier molecular flexibility index (Phi) is 5.89. The Morgan fingerprint density at radius 2 is 2.03 bits per heavy atom. The van der Waals surface area contributed by atoms with E-state index in [1.54, 1.807) is 33.0 Å². The SMILES string of the molecule is C[C@@H]1C[C@@H](c2cnc(N)c(-c3ccc(C(=O)OC(C)(C)C)c(F)c3)n2)CC[C@@H]1O. The van der Waals surface area contributed by atoms with Crippen molar-refractivity contribution in [2.24, 2.45) is 5.92 Å². The number of aromatic nitrogens is 2. The van der Waals surface area contributed by atoms with Crippen molar-refractivity contribution < 1.29 is 19.0 Å². The molecular weight excluding hydrogens is 373 g/mol. The summed E-state index contributed by atoms with van der Waals surface area (Å²) in [6.07, 6.45) is 3.70. The monoisotopic (exact) mass is 401 g/mol. The van der Waals surface area contributed by atoms with Crippen LogP contribution in [0.5, 0.6) is 0 Å². The number of hydrogen-bond donors (Lipinski definition) is 2. The van der Waals surface area contributed by atoms with Crippen molar-refractivity contribution in [3.63, 3.8) is 0 Å². The van der Waals surface area contributed by atoms with Gasteiger partial charge in [0.25, 0.3) is 0 Å². The Morgan fingerprint density at radius 1 is 1.31 bits per heavy atom. The van der Waals surface area contributed by atoms with E-state index in [1.807, 2.05) is 6.92 Å². The van der Waals surface area contributed by atoms with Gasteiger partial charge in [0.05, 0.1) is 23.6 Å². The first kappa shape index (κ1) is 21.2. The van der Waals surface area contributed by atoms with Gasteiger partial charge in [0.2, 0.25) is 0 Å². The first-order chi connectivity index (χ1) is 13.5. The van der Waals surface area contributed by atoms with E-state index in [1.165, 1.54) is 12.1 Å². The van der Waals surface area contributed by atoms with Crippen LogP contribution in [0.1, 0.15) is 68.9 Å². The van der Waals surface area contributed by atoms with Gasteiger partial charge >= 0.3 is 5.97 Å². The summed E-state index contributed by atoms with van der Waals surface area (Å²) >= 11 is 0. The molecule has 1 heterocycles. The van der Waals surface area contributed by atoms with Crippen molar-refractivity contribution in [2.45, 2.75) is 64.6 Å². The van der Waals surface area contributed by atoms with Crippen molar-refractivity contribution in [3.8, 4) is 11.3 Å². The van der Waals surface area contributed by atoms with Crippen LogP contribution in [0.4, 0.5) is 10.2 Å². The Morgan fingerprint density at radius 3 is 2.66 bits per heavy atom. The number of ether oxygens (including phenoxy) is 1. The van der Waals surface area contributed by atoms with Crippen molar-refractivity contribution in [2.75, 3.05) is 5.73 Å². The smallest absolute Gasteiger partial charge is 0.341 e. The van der Waals surface area contributed by atoms with E-state index in [0.717, 1.165) is 18.5 Å². The number of aliphatic hydroxyl groups is 1. The molecule has 3 atom stereocenters. The summed E-state index contributed by atoms with van der Waals surface area (Å²) in [6.45, 7) is 7.20. The minimum atomic E-state index is -0.718. The highest BCUT2D eigenvalue weighted by Crippen LogP contribution is 2.36. The molecule has 0 spiro atoms. The van der Waals surface area contributed by atoms with Crippen LogP contribution in [-0.4, -0.2) is 32.7 Å². The zero-order valence-electron chi connectivity index (χ0n) is 17.3. The standard InChI is InChI=1S/C22H28FN3O3/c1-12-9-13(6-8-18(12)27)17-11-25-20(24)19(26-17)14-5-7-15(16(23)10-14)21(28)29-22(2,3)4/h5,7,10-13,18,27H,6,8-9H2,1-4H3,(H2,24,25)/t12-,13+,18+/m1/s1. The van der Waals surface area contributed by atoms with Crippen LogP contribution in [-0.2, 0) is 4.74 Å². The molecule has 0 amide bonds. The molecular formula is C22H28FN3O3. The number of carbonyl (C=O) groups is 1. The lowest BCUT2D eigenvalue weighted by Crippen LogP contribution is -2.26. The summed E-state index contributed by atoms with van der Waals surface area (Å²) < 4.78 is 19.9. The van der Waals surface area contributed by atoms with Crippen LogP contribution in [0.2, 0.25) is 0 Å². The van der Waals surface area contributed by atoms with Crippen LogP contribution < -0.4 is 5.73 Å². The zero-order valence-corrected chi connectivity index (χ0v) is 17.3. The lowest BCUT2D eigenvalue weighted by Gasteiger charge is -2.30. The maximum atomic E-state index is 14.6. The molecule has 3 rings (SSSR count). The van der Waals surface area contributed by atoms with Crippen molar-refractivity contribution in [3.05, 3.63) is 41.5 Å². The molecule has 0 bridgehead atoms. The highest BCUT2D eigenvalue weighted by molar-refractivity contribution is 5.90. The Balaban J connectivity index is 1.89. The molecule has 0 aliphatic heterocycles. The molecule has 3 N–H and O–H groups in total. The van der Waals surface area contributed by atoms with Crippen molar-refractivity contribution >= 4 is 11.8 Å². The highest BCUT2D eigenvalue weighted by atomic mass is 19.1. The molecule has 1 aliphatic rings. The number of anilines is 1. The van der Waals surface area contributed by atoms with Gasteiger partial charge in [-0.3, -0.25) is 0 Å². The molecule has 2 aromatic rings. The maximum absolute atomic E-state index is 14.6. The summed E-state index contributed by atoms with van der Waals surface area (Å²) in [5, 5.41) is 9.96. The highest BCUT2D eigenvalue weighted by Gasteiger charge is 2.28. The molecule has 0 unspecified atom stereocenters. The summed E-state index contributed by atoms with van der Waals surface area (Å²) in [5.74, 6) is -0.864. The van der Waals surface area contributed by atoms with Gasteiger partial charge in [-0.2, -0.15) is 0 Å². The first-order valence-electron chi connectivity index (χ1n) is 9.89. The minimum absolute atomic E-state index is 0.138. The summed E-state index contributed by atoms with van der Waals surface area (Å²) in [5.41, 5.74) is 6.77. The van der Waals surface area contributed by atoms with E-state index in [9.17, 15) is 14.3 Å². The number of rotatable bonds is 3. The van der Waals surface area contributed by atoms with Gasteiger partial charge in [0.1, 0.15) is 22.9 Å². The largest absolute Gasteiger partial charge is 0.456 e. The van der Waals surface area contributed by atoms with E-state index in [-0.39, 0.29) is 29.3 Å². The molecule has 29 heavy (non-hydrogen) atoms. The van der Waals surface area contributed by atoms with E-state index >= 15 is 0 Å². The first-order valence-corrected chi connectivity index (χ1v) is 9.89. The predicted octanol–water partition coefficient (Wildman–Crippen LogP) is 4.08. The third-order valence-corrected chi connectivity index (χ3v) is 5.22. The lowest BCUT2D eigenvalue weighted by molar-refractivity contribution is 0.00647. The van der Waals surface area contributed by atoms with Gasteiger partial charge in [0.15, 0.2) is 0 Å². The minimum Gasteiger partial charge on any atom is -0.456 e. The van der Waals surface area contributed by atoms with Gasteiger partial charge < -0.3 is 15.6 Å². The van der Waals surface area contributed by atoms with E-state index in [4.69, 9.17) is 10.5 Å². The molecule has 156 valence electrons. The van der Waals surface area contributed by atoms with Crippen molar-refractivity contribution in [1.29, 1.82) is 0 Å². The third kappa shape index (κ3) is 4.90. The lowest BCUT2D eigenvalue weighted by atomic mass is 9.79. The van der Waals surface area contributed by atoms with Gasteiger partial charge in [0, 0.05) is 11.5 Å². The Hall–Kier alpha value is -2.54. The average Bonchev–Trinajstić information content (AvgIpc) is 2.63. The van der Waals surface area contributed by atoms with Crippen LogP contribution in [0, 0.1) is 11.7 Å². The second-order valence-corrected chi connectivity index (χ2v) is 8.78. The molecule has 0 radical (unpaired) electrons. The number of hydrogen-bond acceptors (Lipinski definition) is 6. The third-order valence-electron chi connectivity index (χ3n) is 5.22. The maximum Gasteiger partial charge on any atom is 0.341 e. The van der Waals surface area contributed by atoms with Crippen LogP contribution in [0.25, 0.3) is 11.3 Å². The zero-order chi connectivity index (χ0) is 21.3. The number of nitrogen functional groups attached to an aromatic ring is 1. The molecule has 1 aliphatic carbocycles. The van der Waals surface area contributed by atoms with Crippen LogP contribution >= 0.6 is 0 Å². The Labute approximate surface area is 170 Å². The van der Waals surface area contributed by atoms with Gasteiger partial charge in [-0.1, -0.05) is 13.0 Å². The number of nitrogens with zero attached hydrogens (tertiary/aromatic N) is 2. The van der Waals surface area contributed by atoms with Gasteiger partial charge in [-0.15, -0.1) is 0 Å². The number of esters is 1. The van der Waals surface area contributed by atoms with Crippen LogP contribution in [0.3, 0.4) is 0 Å². The average molecular weight is 401 g/mol. The molecule has 1 aromatic carbocycles. The van der Waals surface area contributed by atoms with Gasteiger partial charge in [-0.25, -0.2) is 19.2 Å². The summed E-state index contributed by atoms with van der Waals surface area (Å²) in [7, 11) is 0. The normalized spacial score (nSPS) is 22.3. The summed E-state index contributed by atoms with van der Waals surface area (Å²) in [4.78, 5) is 21.1. The second-order valence-electron chi connectivity index (χ2n) is 8.78. The summed E-state index contributed by atoms with van der Waals surface area (Å²) in [6, 6.07) is 4.21. The number of halogens is 1. The van der Waals surface area contributed by atoms with Crippen molar-refractivity contribution in [1.82, 2.24) is 9.97 Å². The quantitative estimate of drug-likeness (QED) is 0.752. The fourth-order valence-corrected chi connectivity index (χ4v) is 3.63. The van der Waals surface area contributed by atoms with E-state index in [2.05, 4.69) is 9.97 Å². The molecule has 6 nitrogen and oxygen atoms in total. The molecule has 0 saturated heterocycles. The molecule has 7 heteroatoms. The second kappa shape index (κ2) is 8.06. The molecule has 1 saturated carbocycles. The topological polar surface area (TPSA) is 98.3 Å². The predicted molar refractivity (Wildman–Crippen MR) is 109 cm³/mol. The fourth-order valence-electron chi connectivity index (χ4n) is 3.63. The van der Waals surface area contributed by atoms with E-state index < -0.39 is 17.4 Å². The number of nitrogens with two attached hydrogens (primary N) is 1. The Bertz CT molecular complexity index is 911. The van der Waals surface area contributed by atoms with E-state index in [0.29, 0.717) is 17.7 Å². The number of aliphatic hydroxyl groups excluding tert-OH is 1. The number of carbonyl (C=O) groups excluding carboxylic acids is 1.